The first-order valence-electron chi connectivity index (χ1n) is 6.51. The van der Waals surface area contributed by atoms with Crippen molar-refractivity contribution >= 4 is 45.0 Å². The summed E-state index contributed by atoms with van der Waals surface area (Å²) in [6, 6.07) is 11.6. The Hall–Kier alpha value is -1.46. The molecule has 0 radical (unpaired) electrons. The highest BCUT2D eigenvalue weighted by Crippen LogP contribution is 2.27. The third kappa shape index (κ3) is 4.25. The van der Waals surface area contributed by atoms with Gasteiger partial charge in [-0.1, -0.05) is 28.1 Å². The molecule has 2 aromatic carbocycles. The van der Waals surface area contributed by atoms with Crippen LogP contribution in [0.2, 0.25) is 0 Å². The number of hydrogen-bond donors (Lipinski definition) is 2. The molecule has 0 saturated heterocycles. The molecule has 5 heteroatoms. The molecular formula is C16H17BrN2OS. The van der Waals surface area contributed by atoms with Crippen molar-refractivity contribution in [2.24, 2.45) is 0 Å². The summed E-state index contributed by atoms with van der Waals surface area (Å²) in [4.78, 5) is 12.9. The van der Waals surface area contributed by atoms with Gasteiger partial charge in [0, 0.05) is 20.7 Å². The summed E-state index contributed by atoms with van der Waals surface area (Å²) < 4.78 is 1.03. The number of aryl methyl sites for hydroxylation is 2. The number of carbonyl (C=O) groups excluding carboxylic acids is 1. The number of rotatable bonds is 4. The van der Waals surface area contributed by atoms with Crippen molar-refractivity contribution in [3.63, 3.8) is 0 Å². The summed E-state index contributed by atoms with van der Waals surface area (Å²) >= 11 is 4.89. The van der Waals surface area contributed by atoms with E-state index in [1.807, 2.05) is 50.2 Å². The molecule has 0 aliphatic carbocycles. The van der Waals surface area contributed by atoms with Gasteiger partial charge in [-0.3, -0.25) is 4.79 Å². The van der Waals surface area contributed by atoms with Crippen LogP contribution in [0.25, 0.3) is 0 Å². The normalized spacial score (nSPS) is 10.4. The van der Waals surface area contributed by atoms with Crippen molar-refractivity contribution in [3.8, 4) is 0 Å². The lowest BCUT2D eigenvalue weighted by molar-refractivity contribution is -0.113. The minimum absolute atomic E-state index is 0.0392. The molecular weight excluding hydrogens is 348 g/mol. The van der Waals surface area contributed by atoms with E-state index in [1.54, 1.807) is 0 Å². The van der Waals surface area contributed by atoms with Crippen LogP contribution in [-0.2, 0) is 4.79 Å². The average molecular weight is 365 g/mol. The van der Waals surface area contributed by atoms with Crippen molar-refractivity contribution < 1.29 is 4.79 Å². The number of amides is 1. The van der Waals surface area contributed by atoms with Crippen LogP contribution in [0.15, 0.2) is 45.8 Å². The van der Waals surface area contributed by atoms with Gasteiger partial charge in [0.25, 0.3) is 0 Å². The number of nitrogens with two attached hydrogens (primary N) is 1. The summed E-state index contributed by atoms with van der Waals surface area (Å²) in [5, 5.41) is 2.89. The number of hydrogen-bond acceptors (Lipinski definition) is 3. The predicted octanol–water partition coefficient (Wildman–Crippen LogP) is 4.38. The molecule has 0 fully saturated rings. The van der Waals surface area contributed by atoms with Crippen molar-refractivity contribution in [2.45, 2.75) is 18.7 Å². The maximum absolute atomic E-state index is 12.0. The largest absolute Gasteiger partial charge is 0.398 e. The van der Waals surface area contributed by atoms with E-state index in [0.717, 1.165) is 31.9 Å². The number of halogens is 1. The number of thioether (sulfide) groups is 1. The monoisotopic (exact) mass is 364 g/mol. The fourth-order valence-corrected chi connectivity index (χ4v) is 2.94. The van der Waals surface area contributed by atoms with E-state index >= 15 is 0 Å². The first kappa shape index (κ1) is 15.9. The van der Waals surface area contributed by atoms with Gasteiger partial charge >= 0.3 is 0 Å². The first-order valence-corrected chi connectivity index (χ1v) is 8.29. The second-order valence-corrected chi connectivity index (χ2v) is 6.66. The van der Waals surface area contributed by atoms with Gasteiger partial charge in [-0.2, -0.15) is 0 Å². The van der Waals surface area contributed by atoms with Gasteiger partial charge < -0.3 is 11.1 Å². The molecule has 0 aliphatic rings. The number of carbonyl (C=O) groups is 1. The Morgan fingerprint density at radius 1 is 1.24 bits per heavy atom. The fourth-order valence-electron chi connectivity index (χ4n) is 1.84. The third-order valence-electron chi connectivity index (χ3n) is 3.08. The molecule has 110 valence electrons. The third-order valence-corrected chi connectivity index (χ3v) is 5.05. The molecule has 0 heterocycles. The van der Waals surface area contributed by atoms with E-state index in [-0.39, 0.29) is 5.91 Å². The lowest BCUT2D eigenvalue weighted by Crippen LogP contribution is -2.14. The highest BCUT2D eigenvalue weighted by atomic mass is 79.9. The standard InChI is InChI=1S/C16H17BrN2OS/c1-10-4-3-5-14(16(10)18)21-9-15(20)19-12-6-7-13(17)11(2)8-12/h3-8H,9,18H2,1-2H3,(H,19,20). The Kier molecular flexibility index (Phi) is 5.31. The van der Waals surface area contributed by atoms with Gasteiger partial charge in [0.2, 0.25) is 5.91 Å². The van der Waals surface area contributed by atoms with E-state index in [2.05, 4.69) is 21.2 Å². The summed E-state index contributed by atoms with van der Waals surface area (Å²) in [5.41, 5.74) is 9.67. The smallest absolute Gasteiger partial charge is 0.234 e. The Balaban J connectivity index is 1.96. The van der Waals surface area contributed by atoms with Crippen molar-refractivity contribution in [1.82, 2.24) is 0 Å². The molecule has 2 rings (SSSR count). The Morgan fingerprint density at radius 2 is 2.00 bits per heavy atom. The van der Waals surface area contributed by atoms with Gasteiger partial charge in [0.05, 0.1) is 5.75 Å². The molecule has 0 unspecified atom stereocenters. The highest BCUT2D eigenvalue weighted by molar-refractivity contribution is 9.10. The van der Waals surface area contributed by atoms with Crippen LogP contribution in [0, 0.1) is 13.8 Å². The fraction of sp³-hybridized carbons (Fsp3) is 0.188. The van der Waals surface area contributed by atoms with Crippen LogP contribution in [0.3, 0.4) is 0 Å². The second kappa shape index (κ2) is 7.00. The Morgan fingerprint density at radius 3 is 2.71 bits per heavy atom. The number of anilines is 2. The molecule has 1 amide bonds. The minimum Gasteiger partial charge on any atom is -0.398 e. The van der Waals surface area contributed by atoms with Crippen LogP contribution >= 0.6 is 27.7 Å². The van der Waals surface area contributed by atoms with Crippen molar-refractivity contribution in [3.05, 3.63) is 52.0 Å². The molecule has 0 bridgehead atoms. The lowest BCUT2D eigenvalue weighted by atomic mass is 10.2. The van der Waals surface area contributed by atoms with Gasteiger partial charge in [-0.25, -0.2) is 0 Å². The van der Waals surface area contributed by atoms with Crippen molar-refractivity contribution in [2.75, 3.05) is 16.8 Å². The van der Waals surface area contributed by atoms with E-state index in [1.165, 1.54) is 11.8 Å². The molecule has 3 nitrogen and oxygen atoms in total. The minimum atomic E-state index is -0.0392. The molecule has 3 N–H and O–H groups in total. The highest BCUT2D eigenvalue weighted by Gasteiger charge is 2.07. The summed E-state index contributed by atoms with van der Waals surface area (Å²) in [6.07, 6.45) is 0. The van der Waals surface area contributed by atoms with E-state index in [0.29, 0.717) is 5.75 Å². The zero-order valence-corrected chi connectivity index (χ0v) is 14.3. The lowest BCUT2D eigenvalue weighted by Gasteiger charge is -2.09. The number of nitrogen functional groups attached to an aromatic ring is 1. The summed E-state index contributed by atoms with van der Waals surface area (Å²) in [7, 11) is 0. The molecule has 0 atom stereocenters. The van der Waals surface area contributed by atoms with Crippen LogP contribution in [0.1, 0.15) is 11.1 Å². The topological polar surface area (TPSA) is 55.1 Å². The quantitative estimate of drug-likeness (QED) is 0.625. The Bertz CT molecular complexity index is 673. The second-order valence-electron chi connectivity index (χ2n) is 4.79. The van der Waals surface area contributed by atoms with Crippen LogP contribution < -0.4 is 11.1 Å². The molecule has 0 saturated carbocycles. The van der Waals surface area contributed by atoms with Gasteiger partial charge in [0.15, 0.2) is 0 Å². The van der Waals surface area contributed by atoms with E-state index in [9.17, 15) is 4.79 Å². The molecule has 0 spiro atoms. The summed E-state index contributed by atoms with van der Waals surface area (Å²) in [6.45, 7) is 3.95. The average Bonchev–Trinajstić information content (AvgIpc) is 2.44. The molecule has 0 aromatic heterocycles. The van der Waals surface area contributed by atoms with Crippen molar-refractivity contribution in [1.29, 1.82) is 0 Å². The maximum atomic E-state index is 12.0. The molecule has 21 heavy (non-hydrogen) atoms. The van der Waals surface area contributed by atoms with Crippen LogP contribution in [0.5, 0.6) is 0 Å². The number of nitrogens with one attached hydrogen (secondary N) is 1. The Labute approximate surface area is 137 Å². The van der Waals surface area contributed by atoms with Gasteiger partial charge in [0.1, 0.15) is 0 Å². The maximum Gasteiger partial charge on any atom is 0.234 e. The predicted molar refractivity (Wildman–Crippen MR) is 93.8 cm³/mol. The van der Waals surface area contributed by atoms with Crippen LogP contribution in [0.4, 0.5) is 11.4 Å². The van der Waals surface area contributed by atoms with Gasteiger partial charge in [-0.15, -0.1) is 11.8 Å². The summed E-state index contributed by atoms with van der Waals surface area (Å²) in [5.74, 6) is 0.297. The number of benzene rings is 2. The number of para-hydroxylation sites is 1. The van der Waals surface area contributed by atoms with E-state index < -0.39 is 0 Å². The SMILES string of the molecule is Cc1cc(NC(=O)CSc2cccc(C)c2N)ccc1Br. The first-order chi connectivity index (χ1) is 9.97. The van der Waals surface area contributed by atoms with Crippen LogP contribution in [-0.4, -0.2) is 11.7 Å². The molecule has 2 aromatic rings. The van der Waals surface area contributed by atoms with Gasteiger partial charge in [-0.05, 0) is 49.2 Å². The zero-order valence-electron chi connectivity index (χ0n) is 11.9. The zero-order chi connectivity index (χ0) is 15.4. The van der Waals surface area contributed by atoms with E-state index in [4.69, 9.17) is 5.73 Å². The molecule has 0 aliphatic heterocycles.